The predicted octanol–water partition coefficient (Wildman–Crippen LogP) is 6.45. The lowest BCUT2D eigenvalue weighted by Gasteiger charge is -2.15. The van der Waals surface area contributed by atoms with Crippen molar-refractivity contribution >= 4 is 5.97 Å². The first-order chi connectivity index (χ1) is 13.2. The summed E-state index contributed by atoms with van der Waals surface area (Å²) in [6.07, 6.45) is -1.78. The van der Waals surface area contributed by atoms with Gasteiger partial charge in [-0.3, -0.25) is 0 Å². The van der Waals surface area contributed by atoms with Gasteiger partial charge in [-0.15, -0.1) is 0 Å². The van der Waals surface area contributed by atoms with Crippen LogP contribution in [-0.4, -0.2) is 5.97 Å². The van der Waals surface area contributed by atoms with Gasteiger partial charge >= 0.3 is 12.1 Å². The van der Waals surface area contributed by atoms with E-state index >= 15 is 0 Å². The SMILES string of the molecule is C/C=C(OC(=O)c1ccccc1)/C(C)=C/O[C@H](C)c1ccc(C(F)(F)F)cc1. The number of hydrogen-bond donors (Lipinski definition) is 0. The summed E-state index contributed by atoms with van der Waals surface area (Å²) in [6.45, 7) is 5.16. The van der Waals surface area contributed by atoms with Crippen molar-refractivity contribution in [3.8, 4) is 0 Å². The van der Waals surface area contributed by atoms with Crippen LogP contribution in [0.15, 0.2) is 78.3 Å². The normalized spacial score (nSPS) is 13.8. The van der Waals surface area contributed by atoms with Gasteiger partial charge in [-0.1, -0.05) is 30.3 Å². The zero-order valence-corrected chi connectivity index (χ0v) is 15.8. The van der Waals surface area contributed by atoms with E-state index in [1.807, 2.05) is 0 Å². The Kier molecular flexibility index (Phi) is 7.04. The van der Waals surface area contributed by atoms with Gasteiger partial charge < -0.3 is 9.47 Å². The summed E-state index contributed by atoms with van der Waals surface area (Å²) in [4.78, 5) is 12.2. The minimum absolute atomic E-state index is 0.341. The van der Waals surface area contributed by atoms with E-state index < -0.39 is 23.8 Å². The Morgan fingerprint density at radius 3 is 2.18 bits per heavy atom. The van der Waals surface area contributed by atoms with Crippen molar-refractivity contribution in [2.24, 2.45) is 0 Å². The molecule has 1 atom stereocenters. The molecule has 0 bridgehead atoms. The van der Waals surface area contributed by atoms with E-state index in [0.717, 1.165) is 12.1 Å². The molecule has 0 aliphatic heterocycles. The maximum absolute atomic E-state index is 12.6. The van der Waals surface area contributed by atoms with Crippen LogP contribution in [0.4, 0.5) is 13.2 Å². The molecule has 0 aromatic heterocycles. The minimum Gasteiger partial charge on any atom is -0.493 e. The highest BCUT2D eigenvalue weighted by Gasteiger charge is 2.30. The number of carbonyl (C=O) groups is 1. The first-order valence-electron chi connectivity index (χ1n) is 8.65. The smallest absolute Gasteiger partial charge is 0.416 e. The standard InChI is InChI=1S/C22H21F3O3/c1-4-20(28-21(26)18-8-6-5-7-9-18)15(2)14-27-16(3)17-10-12-19(13-11-17)22(23,24)25/h4-14,16H,1-3H3/b15-14+,20-4-/t16-/m1/s1. The maximum Gasteiger partial charge on any atom is 0.416 e. The van der Waals surface area contributed by atoms with Crippen molar-refractivity contribution in [3.05, 3.63) is 95.0 Å². The number of benzene rings is 2. The number of rotatable bonds is 6. The van der Waals surface area contributed by atoms with Gasteiger partial charge in [0.1, 0.15) is 11.9 Å². The molecule has 6 heteroatoms. The number of ether oxygens (including phenoxy) is 2. The van der Waals surface area contributed by atoms with Gasteiger partial charge in [-0.2, -0.15) is 13.2 Å². The molecule has 3 nitrogen and oxygen atoms in total. The van der Waals surface area contributed by atoms with Crippen LogP contribution >= 0.6 is 0 Å². The Bertz CT molecular complexity index is 851. The van der Waals surface area contributed by atoms with Gasteiger partial charge in [0.2, 0.25) is 0 Å². The molecule has 0 heterocycles. The van der Waals surface area contributed by atoms with Crippen molar-refractivity contribution in [1.82, 2.24) is 0 Å². The molecule has 0 unspecified atom stereocenters. The Hall–Kier alpha value is -3.02. The zero-order chi connectivity index (χ0) is 20.7. The summed E-state index contributed by atoms with van der Waals surface area (Å²) in [7, 11) is 0. The molecule has 28 heavy (non-hydrogen) atoms. The van der Waals surface area contributed by atoms with Gasteiger partial charge in [0.15, 0.2) is 0 Å². The van der Waals surface area contributed by atoms with E-state index in [1.165, 1.54) is 18.4 Å². The van der Waals surface area contributed by atoms with Crippen molar-refractivity contribution < 1.29 is 27.4 Å². The molecule has 0 saturated heterocycles. The van der Waals surface area contributed by atoms with Crippen LogP contribution in [0.1, 0.15) is 48.4 Å². The number of halogens is 3. The number of alkyl halides is 3. The fourth-order valence-corrected chi connectivity index (χ4v) is 2.38. The molecule has 2 aromatic carbocycles. The topological polar surface area (TPSA) is 35.5 Å². The van der Waals surface area contributed by atoms with Crippen molar-refractivity contribution in [2.75, 3.05) is 0 Å². The molecule has 0 spiro atoms. The summed E-state index contributed by atoms with van der Waals surface area (Å²) in [6, 6.07) is 13.4. The van der Waals surface area contributed by atoms with Gasteiger partial charge in [0.25, 0.3) is 0 Å². The minimum atomic E-state index is -4.37. The monoisotopic (exact) mass is 390 g/mol. The Labute approximate surface area is 162 Å². The van der Waals surface area contributed by atoms with E-state index in [-0.39, 0.29) is 0 Å². The fourth-order valence-electron chi connectivity index (χ4n) is 2.38. The Balaban J connectivity index is 2.02. The largest absolute Gasteiger partial charge is 0.493 e. The molecule has 0 N–H and O–H groups in total. The average molecular weight is 390 g/mol. The molecule has 0 fully saturated rings. The van der Waals surface area contributed by atoms with Crippen LogP contribution in [0.5, 0.6) is 0 Å². The summed E-state index contributed by atoms with van der Waals surface area (Å²) in [5.74, 6) is -0.147. The Morgan fingerprint density at radius 2 is 1.64 bits per heavy atom. The van der Waals surface area contributed by atoms with Crippen LogP contribution in [0.2, 0.25) is 0 Å². The van der Waals surface area contributed by atoms with Crippen LogP contribution in [0.25, 0.3) is 0 Å². The van der Waals surface area contributed by atoms with Crippen molar-refractivity contribution in [3.63, 3.8) is 0 Å². The number of hydrogen-bond acceptors (Lipinski definition) is 3. The third-order valence-electron chi connectivity index (χ3n) is 4.02. The summed E-state index contributed by atoms with van der Waals surface area (Å²) >= 11 is 0. The quantitative estimate of drug-likeness (QED) is 0.323. The zero-order valence-electron chi connectivity index (χ0n) is 15.8. The molecule has 2 rings (SSSR count). The van der Waals surface area contributed by atoms with Crippen molar-refractivity contribution in [2.45, 2.75) is 33.1 Å². The van der Waals surface area contributed by atoms with Crippen LogP contribution in [0.3, 0.4) is 0 Å². The molecule has 0 aliphatic rings. The summed E-state index contributed by atoms with van der Waals surface area (Å²) in [5.41, 5.74) is 0.888. The molecule has 2 aromatic rings. The van der Waals surface area contributed by atoms with Crippen LogP contribution < -0.4 is 0 Å². The number of esters is 1. The third-order valence-corrected chi connectivity index (χ3v) is 4.02. The number of carbonyl (C=O) groups excluding carboxylic acids is 1. The van der Waals surface area contributed by atoms with E-state index in [0.29, 0.717) is 22.5 Å². The first-order valence-corrected chi connectivity index (χ1v) is 8.65. The highest BCUT2D eigenvalue weighted by Crippen LogP contribution is 2.30. The molecule has 0 radical (unpaired) electrons. The first kappa shape index (κ1) is 21.3. The molecule has 0 amide bonds. The summed E-state index contributed by atoms with van der Waals surface area (Å²) < 4.78 is 48.9. The highest BCUT2D eigenvalue weighted by molar-refractivity contribution is 5.90. The number of allylic oxidation sites excluding steroid dienone is 2. The van der Waals surface area contributed by atoms with Gasteiger partial charge in [-0.25, -0.2) is 4.79 Å². The van der Waals surface area contributed by atoms with Gasteiger partial charge in [-0.05, 0) is 56.7 Å². The van der Waals surface area contributed by atoms with Crippen molar-refractivity contribution in [1.29, 1.82) is 0 Å². The van der Waals surface area contributed by atoms with E-state index in [4.69, 9.17) is 9.47 Å². The second-order valence-corrected chi connectivity index (χ2v) is 6.11. The fraction of sp³-hybridized carbons (Fsp3) is 0.227. The highest BCUT2D eigenvalue weighted by atomic mass is 19.4. The summed E-state index contributed by atoms with van der Waals surface area (Å²) in [5, 5.41) is 0. The molecule has 0 aliphatic carbocycles. The molecular weight excluding hydrogens is 369 g/mol. The van der Waals surface area contributed by atoms with Gasteiger partial charge in [0, 0.05) is 5.57 Å². The van der Waals surface area contributed by atoms with Crippen LogP contribution in [0, 0.1) is 0 Å². The Morgan fingerprint density at radius 1 is 1.04 bits per heavy atom. The lowest BCUT2D eigenvalue weighted by atomic mass is 10.1. The van der Waals surface area contributed by atoms with E-state index in [1.54, 1.807) is 57.2 Å². The second kappa shape index (κ2) is 9.26. The lowest BCUT2D eigenvalue weighted by Crippen LogP contribution is -2.06. The van der Waals surface area contributed by atoms with E-state index in [9.17, 15) is 18.0 Å². The molecule has 0 saturated carbocycles. The second-order valence-electron chi connectivity index (χ2n) is 6.11. The van der Waals surface area contributed by atoms with Crippen LogP contribution in [-0.2, 0) is 15.7 Å². The predicted molar refractivity (Wildman–Crippen MR) is 100 cm³/mol. The van der Waals surface area contributed by atoms with Gasteiger partial charge in [0.05, 0.1) is 17.4 Å². The molecular formula is C22H21F3O3. The lowest BCUT2D eigenvalue weighted by molar-refractivity contribution is -0.137. The third kappa shape index (κ3) is 5.74. The average Bonchev–Trinajstić information content (AvgIpc) is 2.69. The van der Waals surface area contributed by atoms with E-state index in [2.05, 4.69) is 0 Å². The maximum atomic E-state index is 12.6. The molecule has 148 valence electrons.